The van der Waals surface area contributed by atoms with Gasteiger partial charge in [-0.2, -0.15) is 0 Å². The first-order valence-electron chi connectivity index (χ1n) is 13.9. The minimum atomic E-state index is -0.00583. The maximum absolute atomic E-state index is 7.36. The molecular formula is C31H38N2O. The number of fused-ring (bicyclic) bond motifs is 1. The summed E-state index contributed by atoms with van der Waals surface area (Å²) in [6.07, 6.45) is 21.6. The van der Waals surface area contributed by atoms with E-state index < -0.39 is 0 Å². The van der Waals surface area contributed by atoms with Crippen LogP contribution in [0.1, 0.15) is 82.6 Å². The number of rotatable bonds is 6. The summed E-state index contributed by atoms with van der Waals surface area (Å²) >= 11 is 0. The van der Waals surface area contributed by atoms with Gasteiger partial charge in [0.1, 0.15) is 0 Å². The lowest BCUT2D eigenvalue weighted by Crippen LogP contribution is -2.51. The molecule has 0 N–H and O–H groups in total. The number of ether oxygens (including phenoxy) is 1. The molecule has 5 aliphatic rings. The molecule has 34 heavy (non-hydrogen) atoms. The summed E-state index contributed by atoms with van der Waals surface area (Å²) in [5, 5.41) is 2.56. The fraction of sp³-hybridized carbons (Fsp3) is 0.581. The molecule has 1 aromatic carbocycles. The molecule has 1 aromatic heterocycles. The number of benzene rings is 1. The van der Waals surface area contributed by atoms with Crippen LogP contribution in [0.25, 0.3) is 10.8 Å². The Kier molecular flexibility index (Phi) is 5.04. The Labute approximate surface area is 204 Å². The van der Waals surface area contributed by atoms with Crippen LogP contribution in [0.2, 0.25) is 0 Å². The van der Waals surface area contributed by atoms with Crippen LogP contribution in [0.3, 0.4) is 0 Å². The van der Waals surface area contributed by atoms with E-state index >= 15 is 0 Å². The van der Waals surface area contributed by atoms with E-state index in [0.29, 0.717) is 11.8 Å². The van der Waals surface area contributed by atoms with Crippen molar-refractivity contribution in [1.82, 2.24) is 9.88 Å². The molecule has 3 nitrogen and oxygen atoms in total. The van der Waals surface area contributed by atoms with Crippen molar-refractivity contribution >= 4 is 10.8 Å². The molecule has 2 unspecified atom stereocenters. The van der Waals surface area contributed by atoms with E-state index in [1.807, 2.05) is 12.4 Å². The number of allylic oxidation sites excluding steroid dienone is 1. The van der Waals surface area contributed by atoms with Gasteiger partial charge in [-0.15, -0.1) is 0 Å². The van der Waals surface area contributed by atoms with Crippen LogP contribution in [-0.2, 0) is 4.74 Å². The summed E-state index contributed by atoms with van der Waals surface area (Å²) in [6, 6.07) is 9.89. The molecule has 0 radical (unpaired) electrons. The summed E-state index contributed by atoms with van der Waals surface area (Å²) in [7, 11) is 0. The van der Waals surface area contributed by atoms with E-state index in [9.17, 15) is 0 Å². The van der Waals surface area contributed by atoms with Gasteiger partial charge in [-0.1, -0.05) is 31.2 Å². The third-order valence-corrected chi connectivity index (χ3v) is 10.0. The minimum Gasteiger partial charge on any atom is -0.359 e. The van der Waals surface area contributed by atoms with Crippen molar-refractivity contribution in [3.05, 3.63) is 65.5 Å². The number of hydrogen-bond acceptors (Lipinski definition) is 3. The number of nitrogens with zero attached hydrogens (tertiary/aromatic N) is 2. The lowest BCUT2D eigenvalue weighted by molar-refractivity contribution is -0.120. The SMILES string of the molecule is CCC(CC[C@@H]1CCC=C2C=C3CCC(N4CC4)C[C@]34CC[C@@]21O4)c1ccc2ccncc2c1. The minimum absolute atomic E-state index is 0.00583. The number of pyridine rings is 1. The Morgan fingerprint density at radius 1 is 1.15 bits per heavy atom. The van der Waals surface area contributed by atoms with Crippen LogP contribution < -0.4 is 0 Å². The monoisotopic (exact) mass is 454 g/mol. The second-order valence-corrected chi connectivity index (χ2v) is 11.7. The highest BCUT2D eigenvalue weighted by Gasteiger charge is 2.60. The van der Waals surface area contributed by atoms with Gasteiger partial charge in [0, 0.05) is 36.9 Å². The smallest absolute Gasteiger partial charge is 0.0969 e. The molecular weight excluding hydrogens is 416 g/mol. The summed E-state index contributed by atoms with van der Waals surface area (Å²) in [4.78, 5) is 7.02. The summed E-state index contributed by atoms with van der Waals surface area (Å²) in [6.45, 7) is 4.97. The molecule has 1 saturated carbocycles. The fourth-order valence-corrected chi connectivity index (χ4v) is 8.00. The van der Waals surface area contributed by atoms with Crippen molar-refractivity contribution in [3.8, 4) is 0 Å². The molecule has 3 heteroatoms. The first-order valence-corrected chi connectivity index (χ1v) is 13.9. The van der Waals surface area contributed by atoms with E-state index in [2.05, 4.69) is 53.2 Å². The average Bonchev–Trinajstić information content (AvgIpc) is 3.68. The van der Waals surface area contributed by atoms with Gasteiger partial charge < -0.3 is 4.74 Å². The zero-order valence-corrected chi connectivity index (χ0v) is 20.6. The lowest BCUT2D eigenvalue weighted by Gasteiger charge is -2.50. The molecule has 2 aliphatic carbocycles. The van der Waals surface area contributed by atoms with Gasteiger partial charge in [-0.25, -0.2) is 0 Å². The normalized spacial score (nSPS) is 35.3. The Bertz CT molecular complexity index is 1160. The highest BCUT2D eigenvalue weighted by Crippen LogP contribution is 2.61. The Balaban J connectivity index is 1.12. The molecule has 178 valence electrons. The van der Waals surface area contributed by atoms with Crippen LogP contribution >= 0.6 is 0 Å². The van der Waals surface area contributed by atoms with E-state index in [4.69, 9.17) is 4.74 Å². The third kappa shape index (κ3) is 3.34. The molecule has 2 bridgehead atoms. The molecule has 2 spiro atoms. The van der Waals surface area contributed by atoms with E-state index in [1.165, 1.54) is 93.6 Å². The topological polar surface area (TPSA) is 25.1 Å². The average molecular weight is 455 g/mol. The van der Waals surface area contributed by atoms with Gasteiger partial charge in [0.05, 0.1) is 11.2 Å². The van der Waals surface area contributed by atoms with Gasteiger partial charge in [-0.3, -0.25) is 9.88 Å². The summed E-state index contributed by atoms with van der Waals surface area (Å²) in [5.74, 6) is 1.27. The quantitative estimate of drug-likeness (QED) is 0.442. The highest BCUT2D eigenvalue weighted by atomic mass is 16.5. The largest absolute Gasteiger partial charge is 0.359 e. The van der Waals surface area contributed by atoms with Gasteiger partial charge in [0.25, 0.3) is 0 Å². The van der Waals surface area contributed by atoms with E-state index in [1.54, 1.807) is 11.1 Å². The standard InChI is InChI=1S/C31H38N2O/c1-2-22(24-7-6-23-12-15-32-21-25(23)18-24)8-9-26-4-3-5-28-19-27-10-11-29(33-16-17-33)20-30(27)13-14-31(26,28)34-30/h5-7,12,15,18-19,21-22,26,29H,2-4,8-11,13-14,16-17,20H2,1H3/t22?,26-,29?,30+,31-/m0/s1. The Hall–Kier alpha value is -1.97. The first-order chi connectivity index (χ1) is 16.7. The van der Waals surface area contributed by atoms with Gasteiger partial charge in [-0.05, 0) is 110 Å². The molecule has 3 fully saturated rings. The molecule has 7 rings (SSSR count). The van der Waals surface area contributed by atoms with Crippen molar-refractivity contribution in [2.75, 3.05) is 13.1 Å². The van der Waals surface area contributed by atoms with Crippen LogP contribution in [0.5, 0.6) is 0 Å². The Morgan fingerprint density at radius 3 is 2.97 bits per heavy atom. The van der Waals surface area contributed by atoms with Crippen molar-refractivity contribution in [3.63, 3.8) is 0 Å². The molecule has 0 amide bonds. The van der Waals surface area contributed by atoms with Crippen molar-refractivity contribution in [1.29, 1.82) is 0 Å². The maximum Gasteiger partial charge on any atom is 0.0969 e. The van der Waals surface area contributed by atoms with Gasteiger partial charge in [0.15, 0.2) is 0 Å². The zero-order chi connectivity index (χ0) is 22.8. The Morgan fingerprint density at radius 2 is 2.09 bits per heavy atom. The van der Waals surface area contributed by atoms with Gasteiger partial charge in [0.2, 0.25) is 0 Å². The predicted molar refractivity (Wildman–Crippen MR) is 138 cm³/mol. The predicted octanol–water partition coefficient (Wildman–Crippen LogP) is 6.94. The summed E-state index contributed by atoms with van der Waals surface area (Å²) in [5.41, 5.74) is 4.70. The van der Waals surface area contributed by atoms with E-state index in [0.717, 1.165) is 6.04 Å². The second kappa shape index (κ2) is 8.03. The lowest BCUT2D eigenvalue weighted by atomic mass is 9.69. The van der Waals surface area contributed by atoms with Crippen molar-refractivity contribution < 1.29 is 4.74 Å². The molecule has 3 aliphatic heterocycles. The zero-order valence-electron chi connectivity index (χ0n) is 20.6. The second-order valence-electron chi connectivity index (χ2n) is 11.7. The van der Waals surface area contributed by atoms with Crippen LogP contribution in [-0.4, -0.2) is 40.2 Å². The third-order valence-electron chi connectivity index (χ3n) is 10.0. The van der Waals surface area contributed by atoms with Crippen LogP contribution in [0, 0.1) is 5.92 Å². The fourth-order valence-electron chi connectivity index (χ4n) is 8.00. The number of aromatic nitrogens is 1. The number of hydrogen-bond donors (Lipinski definition) is 0. The van der Waals surface area contributed by atoms with E-state index in [-0.39, 0.29) is 11.2 Å². The molecule has 2 saturated heterocycles. The first kappa shape index (κ1) is 21.3. The molecule has 4 heterocycles. The van der Waals surface area contributed by atoms with Crippen LogP contribution in [0.4, 0.5) is 0 Å². The van der Waals surface area contributed by atoms with Crippen molar-refractivity contribution in [2.24, 2.45) is 5.92 Å². The molecule has 2 aromatic rings. The van der Waals surface area contributed by atoms with Gasteiger partial charge >= 0.3 is 0 Å². The highest BCUT2D eigenvalue weighted by molar-refractivity contribution is 5.82. The molecule has 5 atom stereocenters. The maximum atomic E-state index is 7.36. The van der Waals surface area contributed by atoms with Crippen LogP contribution in [0.15, 0.2) is 60.0 Å². The van der Waals surface area contributed by atoms with Crippen molar-refractivity contribution in [2.45, 2.75) is 94.3 Å². The summed E-state index contributed by atoms with van der Waals surface area (Å²) < 4.78 is 7.36.